The predicted molar refractivity (Wildman–Crippen MR) is 49.8 cm³/mol. The Hall–Kier alpha value is -0.740. The quantitative estimate of drug-likeness (QED) is 0.480. The molecule has 0 saturated heterocycles. The first-order valence-corrected chi connectivity index (χ1v) is 3.71. The van der Waals surface area contributed by atoms with Gasteiger partial charge in [0.1, 0.15) is 0 Å². The molecule has 0 fully saturated rings. The molecule has 0 atom stereocenters. The standard InChI is InChI=1S/C7H11N3S/c1-10(2,3)7-4-5-8-9(7)6-11/h4-5H,1-3H3/q+1. The maximum atomic E-state index is 4.67. The summed E-state index contributed by atoms with van der Waals surface area (Å²) < 4.78 is 2.28. The molecule has 0 aliphatic carbocycles. The van der Waals surface area contributed by atoms with Gasteiger partial charge in [-0.1, -0.05) is 12.2 Å². The third kappa shape index (κ3) is 1.64. The molecule has 0 aromatic carbocycles. The minimum atomic E-state index is 0.698. The third-order valence-electron chi connectivity index (χ3n) is 1.40. The molecule has 1 radical (unpaired) electrons. The molecular weight excluding hydrogens is 158 g/mol. The lowest BCUT2D eigenvalue weighted by atomic mass is 10.5. The van der Waals surface area contributed by atoms with Gasteiger partial charge in [-0.25, -0.2) is 0 Å². The van der Waals surface area contributed by atoms with Gasteiger partial charge < -0.3 is 0 Å². The fraction of sp³-hybridized carbons (Fsp3) is 0.429. The van der Waals surface area contributed by atoms with Crippen LogP contribution in [0.4, 0.5) is 5.82 Å². The second-order valence-electron chi connectivity index (χ2n) is 3.20. The Morgan fingerprint density at radius 2 is 2.18 bits per heavy atom. The lowest BCUT2D eigenvalue weighted by molar-refractivity contribution is 0.465. The van der Waals surface area contributed by atoms with Gasteiger partial charge >= 0.3 is 0 Å². The molecule has 0 aliphatic rings. The predicted octanol–water partition coefficient (Wildman–Crippen LogP) is 0.762. The van der Waals surface area contributed by atoms with Crippen LogP contribution in [0.15, 0.2) is 12.3 Å². The van der Waals surface area contributed by atoms with Crippen molar-refractivity contribution in [1.82, 2.24) is 14.3 Å². The van der Waals surface area contributed by atoms with Crippen molar-refractivity contribution in [2.45, 2.75) is 0 Å². The molecule has 0 aliphatic heterocycles. The first kappa shape index (κ1) is 8.36. The van der Waals surface area contributed by atoms with Crippen LogP contribution in [0.25, 0.3) is 0 Å². The molecule has 0 N–H and O–H groups in total. The first-order chi connectivity index (χ1) is 5.05. The highest BCUT2D eigenvalue weighted by atomic mass is 32.1. The SMILES string of the molecule is C[N+](C)(C)c1ccnn1[C]=S. The Morgan fingerprint density at radius 1 is 1.55 bits per heavy atom. The third-order valence-corrected chi connectivity index (χ3v) is 1.57. The van der Waals surface area contributed by atoms with Crippen LogP contribution in [-0.4, -0.2) is 36.4 Å². The van der Waals surface area contributed by atoms with Crippen LogP contribution in [0, 0.1) is 0 Å². The Labute approximate surface area is 71.8 Å². The van der Waals surface area contributed by atoms with Gasteiger partial charge in [0.15, 0.2) is 5.49 Å². The van der Waals surface area contributed by atoms with Gasteiger partial charge in [0.2, 0.25) is 5.82 Å². The summed E-state index contributed by atoms with van der Waals surface area (Å²) in [6.45, 7) is 0. The minimum Gasteiger partial charge on any atom is -0.282 e. The number of hydrogen-bond donors (Lipinski definition) is 0. The van der Waals surface area contributed by atoms with E-state index in [-0.39, 0.29) is 0 Å². The summed E-state index contributed by atoms with van der Waals surface area (Å²) in [6, 6.07) is 1.93. The molecule has 0 bridgehead atoms. The maximum absolute atomic E-state index is 4.67. The number of thiocarbonyl (C=S) groups is 1. The number of aromatic nitrogens is 2. The van der Waals surface area contributed by atoms with Crippen LogP contribution in [0.3, 0.4) is 0 Å². The van der Waals surface area contributed by atoms with Crippen molar-refractivity contribution in [2.75, 3.05) is 21.1 Å². The second-order valence-corrected chi connectivity index (χ2v) is 3.39. The van der Waals surface area contributed by atoms with Crippen LogP contribution in [0.5, 0.6) is 0 Å². The zero-order chi connectivity index (χ0) is 8.48. The average Bonchev–Trinajstić information content (AvgIpc) is 2.31. The van der Waals surface area contributed by atoms with Gasteiger partial charge in [-0.2, -0.15) is 9.78 Å². The van der Waals surface area contributed by atoms with Gasteiger partial charge in [0.25, 0.3) is 0 Å². The molecule has 59 valence electrons. The van der Waals surface area contributed by atoms with E-state index in [1.165, 1.54) is 0 Å². The molecule has 1 heterocycles. The largest absolute Gasteiger partial charge is 0.282 e. The summed E-state index contributed by atoms with van der Waals surface area (Å²) in [5.74, 6) is 1.03. The fourth-order valence-corrected chi connectivity index (χ4v) is 1.02. The van der Waals surface area contributed by atoms with E-state index in [0.29, 0.717) is 4.48 Å². The van der Waals surface area contributed by atoms with Gasteiger partial charge in [0, 0.05) is 6.07 Å². The van der Waals surface area contributed by atoms with Crippen molar-refractivity contribution < 1.29 is 0 Å². The van der Waals surface area contributed by atoms with Gasteiger partial charge in [-0.05, 0) is 0 Å². The van der Waals surface area contributed by atoms with Crippen LogP contribution in [0.2, 0.25) is 0 Å². The molecule has 1 rings (SSSR count). The van der Waals surface area contributed by atoms with Gasteiger partial charge in [-0.3, -0.25) is 4.48 Å². The summed E-state index contributed by atoms with van der Waals surface area (Å²) in [4.78, 5) is 0. The molecular formula is C7H11N3S+. The summed E-state index contributed by atoms with van der Waals surface area (Å²) >= 11 is 4.67. The molecule has 1 aromatic heterocycles. The van der Waals surface area contributed by atoms with Crippen molar-refractivity contribution in [3.63, 3.8) is 0 Å². The lowest BCUT2D eigenvalue weighted by Crippen LogP contribution is -2.36. The summed E-state index contributed by atoms with van der Waals surface area (Å²) in [5.41, 5.74) is 2.56. The number of hydrogen-bond acceptors (Lipinski definition) is 2. The van der Waals surface area contributed by atoms with Crippen molar-refractivity contribution in [3.8, 4) is 0 Å². The highest BCUT2D eigenvalue weighted by molar-refractivity contribution is 7.78. The Morgan fingerprint density at radius 3 is 2.55 bits per heavy atom. The van der Waals surface area contributed by atoms with Gasteiger partial charge in [0.05, 0.1) is 27.3 Å². The molecule has 11 heavy (non-hydrogen) atoms. The van der Waals surface area contributed by atoms with Crippen LogP contribution >= 0.6 is 12.2 Å². The number of nitrogens with zero attached hydrogens (tertiary/aromatic N) is 3. The van der Waals surface area contributed by atoms with Crippen LogP contribution < -0.4 is 4.48 Å². The molecule has 0 saturated carbocycles. The van der Waals surface area contributed by atoms with E-state index in [0.717, 1.165) is 5.82 Å². The molecule has 0 spiro atoms. The number of quaternary nitrogens is 1. The zero-order valence-electron chi connectivity index (χ0n) is 6.90. The van der Waals surface area contributed by atoms with E-state index in [1.807, 2.05) is 6.07 Å². The van der Waals surface area contributed by atoms with Crippen molar-refractivity contribution >= 4 is 23.5 Å². The smallest absolute Gasteiger partial charge is 0.231 e. The van der Waals surface area contributed by atoms with E-state index in [1.54, 1.807) is 10.9 Å². The molecule has 0 amide bonds. The summed E-state index contributed by atoms with van der Waals surface area (Å²) in [7, 11) is 6.17. The van der Waals surface area contributed by atoms with Crippen LogP contribution in [-0.2, 0) is 0 Å². The molecule has 4 heteroatoms. The van der Waals surface area contributed by atoms with E-state index in [2.05, 4.69) is 44.0 Å². The van der Waals surface area contributed by atoms with Crippen LogP contribution in [0.1, 0.15) is 0 Å². The highest BCUT2D eigenvalue weighted by Gasteiger charge is 2.16. The average molecular weight is 169 g/mol. The molecule has 3 nitrogen and oxygen atoms in total. The Balaban J connectivity index is 3.12. The Kier molecular flexibility index (Phi) is 2.06. The van der Waals surface area contributed by atoms with Crippen molar-refractivity contribution in [3.05, 3.63) is 12.3 Å². The summed E-state index contributed by atoms with van der Waals surface area (Å²) in [5, 5.41) is 3.99. The van der Waals surface area contributed by atoms with Crippen molar-refractivity contribution in [2.24, 2.45) is 0 Å². The zero-order valence-corrected chi connectivity index (χ0v) is 7.72. The van der Waals surface area contributed by atoms with Gasteiger partial charge in [-0.15, -0.1) is 0 Å². The highest BCUT2D eigenvalue weighted by Crippen LogP contribution is 2.13. The topological polar surface area (TPSA) is 17.8 Å². The normalized spacial score (nSPS) is 11.5. The van der Waals surface area contributed by atoms with E-state index in [4.69, 9.17) is 0 Å². The first-order valence-electron chi connectivity index (χ1n) is 3.30. The lowest BCUT2D eigenvalue weighted by Gasteiger charge is -2.21. The molecule has 1 aromatic rings. The van der Waals surface area contributed by atoms with E-state index in [9.17, 15) is 0 Å². The Bertz CT molecular complexity index is 259. The molecule has 0 unspecified atom stereocenters. The van der Waals surface area contributed by atoms with Crippen molar-refractivity contribution in [1.29, 1.82) is 0 Å². The second kappa shape index (κ2) is 2.71. The number of rotatable bonds is 2. The summed E-state index contributed by atoms with van der Waals surface area (Å²) in [6.07, 6.45) is 1.72. The van der Waals surface area contributed by atoms with E-state index >= 15 is 0 Å². The fourth-order valence-electron chi connectivity index (χ4n) is 0.875. The van der Waals surface area contributed by atoms with E-state index < -0.39 is 0 Å². The maximum Gasteiger partial charge on any atom is 0.231 e. The minimum absolute atomic E-state index is 0.698. The monoisotopic (exact) mass is 169 g/mol.